The number of ether oxygens (including phenoxy) is 1. The molecule has 0 bridgehead atoms. The summed E-state index contributed by atoms with van der Waals surface area (Å²) in [5, 5.41) is 0. The summed E-state index contributed by atoms with van der Waals surface area (Å²) in [5.41, 5.74) is 3.17. The van der Waals surface area contributed by atoms with E-state index < -0.39 is 0 Å². The van der Waals surface area contributed by atoms with Crippen LogP contribution in [0.2, 0.25) is 0 Å². The molecule has 3 aliphatic rings. The van der Waals surface area contributed by atoms with E-state index in [4.69, 9.17) is 4.74 Å². The van der Waals surface area contributed by atoms with Crippen molar-refractivity contribution in [2.75, 3.05) is 39.4 Å². The summed E-state index contributed by atoms with van der Waals surface area (Å²) < 4.78 is 5.40. The van der Waals surface area contributed by atoms with Gasteiger partial charge in [0.25, 0.3) is 0 Å². The van der Waals surface area contributed by atoms with Gasteiger partial charge in [0.05, 0.1) is 12.5 Å². The van der Waals surface area contributed by atoms with Gasteiger partial charge in [-0.05, 0) is 56.6 Å². The van der Waals surface area contributed by atoms with Crippen LogP contribution < -0.4 is 0 Å². The topological polar surface area (TPSA) is 32.8 Å². The molecule has 4 heteroatoms. The van der Waals surface area contributed by atoms with Crippen molar-refractivity contribution in [1.82, 2.24) is 9.80 Å². The maximum atomic E-state index is 12.6. The maximum Gasteiger partial charge on any atom is 0.228 e. The van der Waals surface area contributed by atoms with Gasteiger partial charge < -0.3 is 9.64 Å². The zero-order valence-electron chi connectivity index (χ0n) is 16.1. The molecule has 3 aliphatic heterocycles. The number of likely N-dealkylation sites (tertiary alicyclic amines) is 2. The van der Waals surface area contributed by atoms with Crippen molar-refractivity contribution in [3.8, 4) is 0 Å². The van der Waals surface area contributed by atoms with E-state index in [0.717, 1.165) is 45.5 Å². The molecule has 4 rings (SSSR count). The predicted molar refractivity (Wildman–Crippen MR) is 103 cm³/mol. The van der Waals surface area contributed by atoms with E-state index in [2.05, 4.69) is 41.0 Å². The van der Waals surface area contributed by atoms with Gasteiger partial charge in [-0.2, -0.15) is 0 Å². The minimum atomic E-state index is 0.119. The first kappa shape index (κ1) is 18.0. The normalized spacial score (nSPS) is 26.3. The molecule has 0 radical (unpaired) electrons. The average Bonchev–Trinajstić information content (AvgIpc) is 3.19. The predicted octanol–water partition coefficient (Wildman–Crippen LogP) is 3.24. The number of carbonyl (C=O) groups is 1. The minimum Gasteiger partial charge on any atom is -0.381 e. The van der Waals surface area contributed by atoms with Crippen LogP contribution in [0.4, 0.5) is 0 Å². The van der Waals surface area contributed by atoms with Gasteiger partial charge in [-0.1, -0.05) is 29.8 Å². The first-order chi connectivity index (χ1) is 12.6. The molecule has 1 unspecified atom stereocenters. The summed E-state index contributed by atoms with van der Waals surface area (Å²) in [6, 6.07) is 8.96. The molecule has 1 spiro atoms. The molecule has 0 aliphatic carbocycles. The number of benzene rings is 1. The molecule has 142 valence electrons. The Balaban J connectivity index is 1.32. The Morgan fingerprint density at radius 1 is 1.15 bits per heavy atom. The molecule has 3 heterocycles. The molecule has 4 nitrogen and oxygen atoms in total. The maximum absolute atomic E-state index is 12.6. The Bertz CT molecular complexity index is 614. The molecular formula is C22H32N2O2. The van der Waals surface area contributed by atoms with Crippen LogP contribution in [0.5, 0.6) is 0 Å². The van der Waals surface area contributed by atoms with Crippen LogP contribution in [0.3, 0.4) is 0 Å². The summed E-state index contributed by atoms with van der Waals surface area (Å²) in [7, 11) is 0. The summed E-state index contributed by atoms with van der Waals surface area (Å²) in [6.07, 6.45) is 5.85. The van der Waals surface area contributed by atoms with Gasteiger partial charge in [0, 0.05) is 32.8 Å². The Morgan fingerprint density at radius 3 is 2.62 bits per heavy atom. The van der Waals surface area contributed by atoms with Gasteiger partial charge in [0.1, 0.15) is 0 Å². The zero-order valence-corrected chi connectivity index (χ0v) is 16.1. The van der Waals surface area contributed by atoms with Crippen molar-refractivity contribution in [2.45, 2.75) is 45.6 Å². The van der Waals surface area contributed by atoms with Gasteiger partial charge in [0.15, 0.2) is 0 Å². The van der Waals surface area contributed by atoms with E-state index in [1.54, 1.807) is 0 Å². The molecule has 1 amide bonds. The average molecular weight is 357 g/mol. The molecule has 3 saturated heterocycles. The van der Waals surface area contributed by atoms with Crippen molar-refractivity contribution in [1.29, 1.82) is 0 Å². The van der Waals surface area contributed by atoms with Crippen LogP contribution in [-0.4, -0.2) is 55.1 Å². The fourth-order valence-electron chi connectivity index (χ4n) is 4.99. The summed E-state index contributed by atoms with van der Waals surface area (Å²) in [4.78, 5) is 17.4. The fourth-order valence-corrected chi connectivity index (χ4v) is 4.99. The van der Waals surface area contributed by atoms with Crippen molar-refractivity contribution < 1.29 is 9.53 Å². The number of amides is 1. The van der Waals surface area contributed by atoms with Gasteiger partial charge in [-0.3, -0.25) is 9.69 Å². The Morgan fingerprint density at radius 2 is 1.92 bits per heavy atom. The highest BCUT2D eigenvalue weighted by Crippen LogP contribution is 2.40. The number of rotatable bonds is 3. The quantitative estimate of drug-likeness (QED) is 0.833. The smallest absolute Gasteiger partial charge is 0.228 e. The minimum absolute atomic E-state index is 0.119. The third kappa shape index (κ3) is 3.96. The third-order valence-electron chi connectivity index (χ3n) is 6.68. The van der Waals surface area contributed by atoms with Crippen LogP contribution in [-0.2, 0) is 16.1 Å². The highest BCUT2D eigenvalue weighted by atomic mass is 16.5. The summed E-state index contributed by atoms with van der Waals surface area (Å²) in [6.45, 7) is 8.86. The lowest BCUT2D eigenvalue weighted by molar-refractivity contribution is -0.138. The van der Waals surface area contributed by atoms with Crippen molar-refractivity contribution >= 4 is 5.91 Å². The SMILES string of the molecule is Cc1ccc(CN2CCCC3(CCN(C(=O)C4CCOC4)CC3)C2)cc1. The van der Waals surface area contributed by atoms with Crippen LogP contribution >= 0.6 is 0 Å². The number of hydrogen-bond acceptors (Lipinski definition) is 3. The molecule has 3 fully saturated rings. The number of nitrogens with zero attached hydrogens (tertiary/aromatic N) is 2. The fraction of sp³-hybridized carbons (Fsp3) is 0.682. The van der Waals surface area contributed by atoms with Crippen LogP contribution in [0.15, 0.2) is 24.3 Å². The first-order valence-corrected chi connectivity index (χ1v) is 10.3. The van der Waals surface area contributed by atoms with Crippen LogP contribution in [0.25, 0.3) is 0 Å². The second-order valence-electron chi connectivity index (χ2n) is 8.69. The molecule has 0 aromatic heterocycles. The van der Waals surface area contributed by atoms with E-state index in [0.29, 0.717) is 17.9 Å². The van der Waals surface area contributed by atoms with Gasteiger partial charge in [-0.15, -0.1) is 0 Å². The molecule has 26 heavy (non-hydrogen) atoms. The number of hydrogen-bond donors (Lipinski definition) is 0. The molecule has 0 saturated carbocycles. The van der Waals surface area contributed by atoms with Crippen LogP contribution in [0.1, 0.15) is 43.2 Å². The van der Waals surface area contributed by atoms with Gasteiger partial charge >= 0.3 is 0 Å². The Labute approximate surface area is 157 Å². The molecule has 1 aromatic carbocycles. The Kier molecular flexibility index (Phi) is 5.32. The lowest BCUT2D eigenvalue weighted by Crippen LogP contribution is -2.51. The number of carbonyl (C=O) groups excluding carboxylic acids is 1. The van der Waals surface area contributed by atoms with E-state index in [-0.39, 0.29) is 5.92 Å². The molecule has 1 atom stereocenters. The lowest BCUT2D eigenvalue weighted by atomic mass is 9.72. The van der Waals surface area contributed by atoms with Crippen molar-refractivity contribution in [2.24, 2.45) is 11.3 Å². The summed E-state index contributed by atoms with van der Waals surface area (Å²) in [5.74, 6) is 0.457. The van der Waals surface area contributed by atoms with E-state index in [9.17, 15) is 4.79 Å². The number of aryl methyl sites for hydroxylation is 1. The second kappa shape index (κ2) is 7.69. The molecule has 0 N–H and O–H groups in total. The van der Waals surface area contributed by atoms with Gasteiger partial charge in [-0.25, -0.2) is 0 Å². The lowest BCUT2D eigenvalue weighted by Gasteiger charge is -2.48. The van der Waals surface area contributed by atoms with E-state index in [1.807, 2.05) is 0 Å². The largest absolute Gasteiger partial charge is 0.381 e. The van der Waals surface area contributed by atoms with Crippen molar-refractivity contribution in [3.05, 3.63) is 35.4 Å². The summed E-state index contributed by atoms with van der Waals surface area (Å²) >= 11 is 0. The Hall–Kier alpha value is -1.39. The molecule has 1 aromatic rings. The third-order valence-corrected chi connectivity index (χ3v) is 6.68. The van der Waals surface area contributed by atoms with Crippen LogP contribution in [0, 0.1) is 18.3 Å². The van der Waals surface area contributed by atoms with Crippen molar-refractivity contribution in [3.63, 3.8) is 0 Å². The highest BCUT2D eigenvalue weighted by molar-refractivity contribution is 5.79. The highest BCUT2D eigenvalue weighted by Gasteiger charge is 2.40. The van der Waals surface area contributed by atoms with E-state index in [1.165, 1.54) is 37.1 Å². The van der Waals surface area contributed by atoms with E-state index >= 15 is 0 Å². The molecular weight excluding hydrogens is 324 g/mol. The number of piperidine rings is 2. The zero-order chi connectivity index (χ0) is 18.0. The first-order valence-electron chi connectivity index (χ1n) is 10.3. The standard InChI is InChI=1S/C22H32N2O2/c1-18-3-5-19(6-4-18)15-23-11-2-8-22(17-23)9-12-24(13-10-22)21(25)20-7-14-26-16-20/h3-6,20H,2,7-17H2,1H3. The second-order valence-corrected chi connectivity index (χ2v) is 8.69. The monoisotopic (exact) mass is 356 g/mol. The van der Waals surface area contributed by atoms with Gasteiger partial charge in [0.2, 0.25) is 5.91 Å².